The van der Waals surface area contributed by atoms with Crippen molar-refractivity contribution in [2.45, 2.75) is 6.42 Å². The molecule has 0 saturated heterocycles. The zero-order valence-corrected chi connectivity index (χ0v) is 9.65. The number of halogens is 1. The van der Waals surface area contributed by atoms with E-state index in [4.69, 9.17) is 5.73 Å². The molecule has 1 heterocycles. The first kappa shape index (κ1) is 10.8. The number of rotatable bonds is 2. The van der Waals surface area contributed by atoms with E-state index >= 15 is 0 Å². The molecule has 3 aromatic rings. The molecule has 18 heavy (non-hydrogen) atoms. The lowest BCUT2D eigenvalue weighted by molar-refractivity contribution is 0.637. The zero-order valence-electron chi connectivity index (χ0n) is 9.65. The van der Waals surface area contributed by atoms with Crippen molar-refractivity contribution in [3.8, 4) is 0 Å². The summed E-state index contributed by atoms with van der Waals surface area (Å²) in [4.78, 5) is 7.38. The number of nitrogens with one attached hydrogen (secondary N) is 1. The first-order chi connectivity index (χ1) is 8.72. The Balaban J connectivity index is 1.98. The molecule has 0 radical (unpaired) electrons. The molecule has 3 N–H and O–H groups in total. The summed E-state index contributed by atoms with van der Waals surface area (Å²) in [5.41, 5.74) is 8.59. The molecule has 0 fully saturated rings. The maximum Gasteiger partial charge on any atom is 0.151 e. The number of hydrogen-bond acceptors (Lipinski definition) is 2. The third-order valence-electron chi connectivity index (χ3n) is 2.84. The van der Waals surface area contributed by atoms with Gasteiger partial charge in [0.2, 0.25) is 0 Å². The number of hydrogen-bond donors (Lipinski definition) is 2. The van der Waals surface area contributed by atoms with E-state index in [2.05, 4.69) is 9.97 Å². The van der Waals surface area contributed by atoms with Crippen molar-refractivity contribution < 1.29 is 4.39 Å². The number of aromatic nitrogens is 2. The van der Waals surface area contributed by atoms with E-state index < -0.39 is 0 Å². The molecule has 0 bridgehead atoms. The molecule has 0 atom stereocenters. The third kappa shape index (κ3) is 1.93. The van der Waals surface area contributed by atoms with Gasteiger partial charge in [-0.2, -0.15) is 0 Å². The monoisotopic (exact) mass is 241 g/mol. The van der Waals surface area contributed by atoms with Gasteiger partial charge in [0.15, 0.2) is 5.82 Å². The van der Waals surface area contributed by atoms with E-state index in [0.717, 1.165) is 17.1 Å². The van der Waals surface area contributed by atoms with Gasteiger partial charge in [-0.15, -0.1) is 0 Å². The number of imidazole rings is 1. The largest absolute Gasteiger partial charge is 0.399 e. The van der Waals surface area contributed by atoms with Crippen LogP contribution in [0.3, 0.4) is 0 Å². The molecule has 0 aliphatic rings. The second kappa shape index (κ2) is 4.14. The van der Waals surface area contributed by atoms with Gasteiger partial charge in [0.1, 0.15) is 11.3 Å². The van der Waals surface area contributed by atoms with Crippen molar-refractivity contribution in [2.75, 3.05) is 5.73 Å². The quantitative estimate of drug-likeness (QED) is 0.678. The minimum absolute atomic E-state index is 0.303. The average molecular weight is 241 g/mol. The Kier molecular flexibility index (Phi) is 2.48. The summed E-state index contributed by atoms with van der Waals surface area (Å²) in [5, 5.41) is 0. The molecule has 3 rings (SSSR count). The number of benzene rings is 2. The molecule has 3 nitrogen and oxygen atoms in total. The van der Waals surface area contributed by atoms with E-state index in [0.29, 0.717) is 17.5 Å². The van der Waals surface area contributed by atoms with Crippen LogP contribution in [0.25, 0.3) is 11.0 Å². The Labute approximate surface area is 103 Å². The Hall–Kier alpha value is -2.36. The second-order valence-corrected chi connectivity index (χ2v) is 4.24. The van der Waals surface area contributed by atoms with Crippen LogP contribution in [0, 0.1) is 5.82 Å². The van der Waals surface area contributed by atoms with Crippen LogP contribution >= 0.6 is 0 Å². The predicted molar refractivity (Wildman–Crippen MR) is 69.7 cm³/mol. The molecule has 1 aromatic heterocycles. The van der Waals surface area contributed by atoms with Gasteiger partial charge >= 0.3 is 0 Å². The van der Waals surface area contributed by atoms with E-state index in [9.17, 15) is 4.39 Å². The number of nitrogens with zero attached hydrogens (tertiary/aromatic N) is 1. The summed E-state index contributed by atoms with van der Waals surface area (Å²) in [6, 6.07) is 12.5. The van der Waals surface area contributed by atoms with Crippen LogP contribution in [0.4, 0.5) is 10.1 Å². The number of nitrogen functional groups attached to an aromatic ring is 1. The Morgan fingerprint density at radius 3 is 2.78 bits per heavy atom. The lowest BCUT2D eigenvalue weighted by atomic mass is 10.1. The smallest absolute Gasteiger partial charge is 0.151 e. The van der Waals surface area contributed by atoms with E-state index in [1.165, 1.54) is 6.07 Å². The molecule has 0 aliphatic carbocycles. The van der Waals surface area contributed by atoms with Crippen LogP contribution in [0.2, 0.25) is 0 Å². The highest BCUT2D eigenvalue weighted by atomic mass is 19.1. The number of nitrogens with two attached hydrogens (primary N) is 1. The van der Waals surface area contributed by atoms with Crippen LogP contribution in [0.1, 0.15) is 11.4 Å². The minimum atomic E-state index is -0.303. The standard InChI is InChI=1S/C14H12FN3/c15-11-5-2-6-12-14(11)18-13(17-12)8-9-3-1-4-10(16)7-9/h1-7H,8,16H2,(H,17,18). The predicted octanol–water partition coefficient (Wildman–Crippen LogP) is 2.88. The van der Waals surface area contributed by atoms with Gasteiger partial charge in [-0.1, -0.05) is 18.2 Å². The molecule has 0 saturated carbocycles. The first-order valence-electron chi connectivity index (χ1n) is 5.70. The van der Waals surface area contributed by atoms with Gasteiger partial charge < -0.3 is 10.7 Å². The van der Waals surface area contributed by atoms with Crippen LogP contribution in [0.5, 0.6) is 0 Å². The summed E-state index contributed by atoms with van der Waals surface area (Å²) in [5.74, 6) is 0.434. The highest BCUT2D eigenvalue weighted by Gasteiger charge is 2.07. The van der Waals surface area contributed by atoms with Gasteiger partial charge in [-0.25, -0.2) is 9.37 Å². The Morgan fingerprint density at radius 2 is 2.00 bits per heavy atom. The fourth-order valence-electron chi connectivity index (χ4n) is 2.03. The van der Waals surface area contributed by atoms with E-state index in [-0.39, 0.29) is 5.82 Å². The lowest BCUT2D eigenvalue weighted by Crippen LogP contribution is -1.92. The van der Waals surface area contributed by atoms with Crippen molar-refractivity contribution in [1.82, 2.24) is 9.97 Å². The van der Waals surface area contributed by atoms with Gasteiger partial charge in [0.25, 0.3) is 0 Å². The SMILES string of the molecule is Nc1cccc(Cc2nc3c(F)cccc3[nH]2)c1. The van der Waals surface area contributed by atoms with E-state index in [1.807, 2.05) is 30.3 Å². The molecule has 0 spiro atoms. The van der Waals surface area contributed by atoms with Crippen molar-refractivity contribution in [3.05, 3.63) is 59.7 Å². The molecule has 2 aromatic carbocycles. The molecule has 0 amide bonds. The molecular formula is C14H12FN3. The van der Waals surface area contributed by atoms with Crippen molar-refractivity contribution in [1.29, 1.82) is 0 Å². The van der Waals surface area contributed by atoms with E-state index in [1.54, 1.807) is 6.07 Å². The highest BCUT2D eigenvalue weighted by Crippen LogP contribution is 2.17. The maximum absolute atomic E-state index is 13.5. The minimum Gasteiger partial charge on any atom is -0.399 e. The molecule has 90 valence electrons. The summed E-state index contributed by atoms with van der Waals surface area (Å²) >= 11 is 0. The number of H-pyrrole nitrogens is 1. The molecule has 4 heteroatoms. The van der Waals surface area contributed by atoms with Gasteiger partial charge in [-0.05, 0) is 29.8 Å². The fourth-order valence-corrected chi connectivity index (χ4v) is 2.03. The zero-order chi connectivity index (χ0) is 12.5. The van der Waals surface area contributed by atoms with Gasteiger partial charge in [0, 0.05) is 12.1 Å². The summed E-state index contributed by atoms with van der Waals surface area (Å²) < 4.78 is 13.5. The topological polar surface area (TPSA) is 54.7 Å². The average Bonchev–Trinajstić information content (AvgIpc) is 2.73. The van der Waals surface area contributed by atoms with Crippen LogP contribution in [-0.4, -0.2) is 9.97 Å². The molecule has 0 unspecified atom stereocenters. The van der Waals surface area contributed by atoms with Crippen molar-refractivity contribution in [2.24, 2.45) is 0 Å². The molecule has 0 aliphatic heterocycles. The lowest BCUT2D eigenvalue weighted by Gasteiger charge is -1.99. The van der Waals surface area contributed by atoms with Crippen molar-refractivity contribution in [3.63, 3.8) is 0 Å². The van der Waals surface area contributed by atoms with Crippen LogP contribution < -0.4 is 5.73 Å². The third-order valence-corrected chi connectivity index (χ3v) is 2.84. The summed E-state index contributed by atoms with van der Waals surface area (Å²) in [7, 11) is 0. The second-order valence-electron chi connectivity index (χ2n) is 4.24. The van der Waals surface area contributed by atoms with Crippen LogP contribution in [0.15, 0.2) is 42.5 Å². The van der Waals surface area contributed by atoms with Gasteiger partial charge in [0.05, 0.1) is 5.52 Å². The number of para-hydroxylation sites is 1. The van der Waals surface area contributed by atoms with Crippen molar-refractivity contribution >= 4 is 16.7 Å². The Morgan fingerprint density at radius 1 is 1.17 bits per heavy atom. The summed E-state index contributed by atoms with van der Waals surface area (Å²) in [6.45, 7) is 0. The highest BCUT2D eigenvalue weighted by molar-refractivity contribution is 5.75. The first-order valence-corrected chi connectivity index (χ1v) is 5.70. The Bertz CT molecular complexity index is 703. The molecular weight excluding hydrogens is 229 g/mol. The summed E-state index contributed by atoms with van der Waals surface area (Å²) in [6.07, 6.45) is 0.610. The number of anilines is 1. The maximum atomic E-state index is 13.5. The van der Waals surface area contributed by atoms with Gasteiger partial charge in [-0.3, -0.25) is 0 Å². The number of fused-ring (bicyclic) bond motifs is 1. The number of aromatic amines is 1. The van der Waals surface area contributed by atoms with Crippen LogP contribution in [-0.2, 0) is 6.42 Å². The normalized spacial score (nSPS) is 10.9. The fraction of sp³-hybridized carbons (Fsp3) is 0.0714.